The monoisotopic (exact) mass is 441 g/mol. The van der Waals surface area contributed by atoms with Crippen molar-refractivity contribution in [2.45, 2.75) is 52.4 Å². The fraction of sp³-hybridized carbons (Fsp3) is 0.417. The number of nitro groups is 1. The average Bonchev–Trinajstić information content (AvgIpc) is 2.79. The molecule has 0 aromatic heterocycles. The summed E-state index contributed by atoms with van der Waals surface area (Å²) >= 11 is 0. The maximum absolute atomic E-state index is 12.2. The molecule has 0 aliphatic rings. The molecule has 1 amide bonds. The minimum absolute atomic E-state index is 0.153. The van der Waals surface area contributed by atoms with Crippen LogP contribution in [0.25, 0.3) is 0 Å². The number of carbonyl (C=O) groups is 1. The Morgan fingerprint density at radius 1 is 1.03 bits per heavy atom. The molecule has 172 valence electrons. The fourth-order valence-electron chi connectivity index (χ4n) is 3.05. The van der Waals surface area contributed by atoms with Gasteiger partial charge >= 0.3 is 0 Å². The molecule has 2 aromatic rings. The van der Waals surface area contributed by atoms with Crippen molar-refractivity contribution in [3.05, 3.63) is 63.7 Å². The van der Waals surface area contributed by atoms with Gasteiger partial charge in [0.2, 0.25) is 0 Å². The van der Waals surface area contributed by atoms with E-state index >= 15 is 0 Å². The number of carbonyl (C=O) groups excluding carboxylic acids is 1. The molecule has 1 N–H and O–H groups in total. The van der Waals surface area contributed by atoms with E-state index in [0.717, 1.165) is 18.4 Å². The smallest absolute Gasteiger partial charge is 0.271 e. The fourth-order valence-corrected chi connectivity index (χ4v) is 3.05. The number of hydrazone groups is 1. The molecule has 8 heteroatoms. The predicted molar refractivity (Wildman–Crippen MR) is 125 cm³/mol. The molecule has 32 heavy (non-hydrogen) atoms. The highest BCUT2D eigenvalue weighted by molar-refractivity contribution is 5.95. The van der Waals surface area contributed by atoms with Crippen LogP contribution in [-0.2, 0) is 0 Å². The van der Waals surface area contributed by atoms with Crippen LogP contribution in [0.4, 0.5) is 5.69 Å². The maximum atomic E-state index is 12.2. The number of nitrogens with zero attached hydrogens (tertiary/aromatic N) is 2. The van der Waals surface area contributed by atoms with Crippen molar-refractivity contribution in [2.75, 3.05) is 13.2 Å². The number of amides is 1. The summed E-state index contributed by atoms with van der Waals surface area (Å²) in [5.74, 6) is 0.763. The van der Waals surface area contributed by atoms with E-state index in [1.807, 2.05) is 19.1 Å². The Morgan fingerprint density at radius 3 is 2.56 bits per heavy atom. The molecule has 2 aromatic carbocycles. The third-order valence-corrected chi connectivity index (χ3v) is 4.72. The van der Waals surface area contributed by atoms with Gasteiger partial charge in [-0.25, -0.2) is 5.43 Å². The maximum Gasteiger partial charge on any atom is 0.271 e. The minimum atomic E-state index is -0.550. The lowest BCUT2D eigenvalue weighted by Crippen LogP contribution is -2.17. The van der Waals surface area contributed by atoms with Crippen molar-refractivity contribution < 1.29 is 19.2 Å². The summed E-state index contributed by atoms with van der Waals surface area (Å²) in [6.45, 7) is 5.24. The number of benzene rings is 2. The number of ether oxygens (including phenoxy) is 2. The Hall–Kier alpha value is -3.42. The molecule has 0 saturated carbocycles. The largest absolute Gasteiger partial charge is 0.490 e. The molecule has 0 aliphatic carbocycles. The van der Waals surface area contributed by atoms with E-state index in [9.17, 15) is 14.9 Å². The highest BCUT2D eigenvalue weighted by Crippen LogP contribution is 2.28. The van der Waals surface area contributed by atoms with Gasteiger partial charge in [-0.3, -0.25) is 14.9 Å². The van der Waals surface area contributed by atoms with E-state index in [0.29, 0.717) is 24.7 Å². The van der Waals surface area contributed by atoms with E-state index < -0.39 is 10.8 Å². The van der Waals surface area contributed by atoms with Crippen LogP contribution in [0.15, 0.2) is 47.6 Å². The first kappa shape index (κ1) is 24.8. The van der Waals surface area contributed by atoms with Crippen LogP contribution in [0.3, 0.4) is 0 Å². The molecule has 0 saturated heterocycles. The molecule has 8 nitrogen and oxygen atoms in total. The number of rotatable bonds is 14. The summed E-state index contributed by atoms with van der Waals surface area (Å²) in [7, 11) is 0. The third kappa shape index (κ3) is 8.37. The summed E-state index contributed by atoms with van der Waals surface area (Å²) in [4.78, 5) is 22.5. The van der Waals surface area contributed by atoms with Crippen molar-refractivity contribution in [2.24, 2.45) is 5.10 Å². The van der Waals surface area contributed by atoms with Gasteiger partial charge in [-0.1, -0.05) is 45.1 Å². The zero-order chi connectivity index (χ0) is 23.2. The number of nitro benzene ring substituents is 1. The third-order valence-electron chi connectivity index (χ3n) is 4.72. The normalized spacial score (nSPS) is 10.8. The standard InChI is InChI=1S/C24H31N3O5/c1-3-5-6-7-8-9-15-32-22-14-13-19(16-23(22)31-4-2)18-25-26-24(28)20-11-10-12-21(17-20)27(29)30/h10-14,16-18H,3-9,15H2,1-2H3,(H,26,28)/b25-18+. The molecule has 0 unspecified atom stereocenters. The molecule has 0 heterocycles. The number of nitrogens with one attached hydrogen (secondary N) is 1. The van der Waals surface area contributed by atoms with Gasteiger partial charge in [0.05, 0.1) is 24.4 Å². The first-order valence-corrected chi connectivity index (χ1v) is 11.0. The van der Waals surface area contributed by atoms with Crippen molar-refractivity contribution in [1.29, 1.82) is 0 Å². The Bertz CT molecular complexity index is 914. The van der Waals surface area contributed by atoms with Crippen LogP contribution in [0.2, 0.25) is 0 Å². The molecular formula is C24H31N3O5. The topological polar surface area (TPSA) is 103 Å². The Morgan fingerprint density at radius 2 is 1.81 bits per heavy atom. The van der Waals surface area contributed by atoms with Gasteiger partial charge in [0.15, 0.2) is 11.5 Å². The summed E-state index contributed by atoms with van der Waals surface area (Å²) < 4.78 is 11.6. The van der Waals surface area contributed by atoms with Crippen molar-refractivity contribution in [3.63, 3.8) is 0 Å². The Labute approximate surface area is 188 Å². The molecule has 2 rings (SSSR count). The highest BCUT2D eigenvalue weighted by Gasteiger charge is 2.11. The number of hydrogen-bond donors (Lipinski definition) is 1. The van der Waals surface area contributed by atoms with Crippen LogP contribution in [0.1, 0.15) is 68.3 Å². The molecule has 0 radical (unpaired) electrons. The van der Waals surface area contributed by atoms with Crippen LogP contribution >= 0.6 is 0 Å². The second kappa shape index (κ2) is 13.8. The van der Waals surface area contributed by atoms with Crippen LogP contribution < -0.4 is 14.9 Å². The van der Waals surface area contributed by atoms with Crippen LogP contribution in [0, 0.1) is 10.1 Å². The lowest BCUT2D eigenvalue weighted by atomic mass is 10.1. The van der Waals surface area contributed by atoms with E-state index in [2.05, 4.69) is 17.5 Å². The predicted octanol–water partition coefficient (Wildman–Crippen LogP) is 5.50. The van der Waals surface area contributed by atoms with Crippen molar-refractivity contribution >= 4 is 17.8 Å². The minimum Gasteiger partial charge on any atom is -0.490 e. The van der Waals surface area contributed by atoms with E-state index in [1.165, 1.54) is 56.2 Å². The van der Waals surface area contributed by atoms with Crippen LogP contribution in [-0.4, -0.2) is 30.3 Å². The SMILES string of the molecule is CCCCCCCCOc1ccc(/C=N/NC(=O)c2cccc([N+](=O)[O-])c2)cc1OCC. The van der Waals surface area contributed by atoms with Gasteiger partial charge in [0.1, 0.15) is 0 Å². The molecule has 0 bridgehead atoms. The summed E-state index contributed by atoms with van der Waals surface area (Å²) in [6, 6.07) is 10.9. The van der Waals surface area contributed by atoms with Gasteiger partial charge in [-0.05, 0) is 43.2 Å². The van der Waals surface area contributed by atoms with Crippen LogP contribution in [0.5, 0.6) is 11.5 Å². The van der Waals surface area contributed by atoms with E-state index in [4.69, 9.17) is 9.47 Å². The highest BCUT2D eigenvalue weighted by atomic mass is 16.6. The quantitative estimate of drug-likeness (QED) is 0.180. The summed E-state index contributed by atoms with van der Waals surface area (Å²) in [5, 5.41) is 14.8. The van der Waals surface area contributed by atoms with E-state index in [-0.39, 0.29) is 11.3 Å². The second-order valence-electron chi connectivity index (χ2n) is 7.26. The summed E-state index contributed by atoms with van der Waals surface area (Å²) in [6.07, 6.45) is 8.66. The zero-order valence-corrected chi connectivity index (χ0v) is 18.7. The Kier molecular flexibility index (Phi) is 10.7. The lowest BCUT2D eigenvalue weighted by molar-refractivity contribution is -0.384. The molecular weight excluding hydrogens is 410 g/mol. The number of unbranched alkanes of at least 4 members (excludes halogenated alkanes) is 5. The molecule has 0 atom stereocenters. The van der Waals surface area contributed by atoms with Crippen molar-refractivity contribution in [1.82, 2.24) is 5.43 Å². The van der Waals surface area contributed by atoms with Gasteiger partial charge in [-0.15, -0.1) is 0 Å². The molecule has 0 spiro atoms. The number of non-ortho nitro benzene ring substituents is 1. The molecule has 0 aliphatic heterocycles. The lowest BCUT2D eigenvalue weighted by Gasteiger charge is -2.12. The second-order valence-corrected chi connectivity index (χ2v) is 7.26. The Balaban J connectivity index is 1.91. The van der Waals surface area contributed by atoms with Gasteiger partial charge in [-0.2, -0.15) is 5.10 Å². The van der Waals surface area contributed by atoms with Crippen molar-refractivity contribution in [3.8, 4) is 11.5 Å². The first-order chi connectivity index (χ1) is 15.5. The zero-order valence-electron chi connectivity index (χ0n) is 18.7. The van der Waals surface area contributed by atoms with E-state index in [1.54, 1.807) is 6.07 Å². The first-order valence-electron chi connectivity index (χ1n) is 11.0. The average molecular weight is 442 g/mol. The number of hydrogen-bond acceptors (Lipinski definition) is 6. The summed E-state index contributed by atoms with van der Waals surface area (Å²) in [5.41, 5.74) is 3.10. The van der Waals surface area contributed by atoms with Gasteiger partial charge in [0, 0.05) is 17.7 Å². The van der Waals surface area contributed by atoms with Gasteiger partial charge < -0.3 is 9.47 Å². The van der Waals surface area contributed by atoms with Gasteiger partial charge in [0.25, 0.3) is 11.6 Å². The molecule has 0 fully saturated rings.